The van der Waals surface area contributed by atoms with Crippen LogP contribution in [0, 0.1) is 11.6 Å². The maximum atomic E-state index is 15.1. The number of benzene rings is 3. The van der Waals surface area contributed by atoms with Crippen molar-refractivity contribution < 1.29 is 27.0 Å². The van der Waals surface area contributed by atoms with E-state index in [1.807, 2.05) is 6.07 Å². The van der Waals surface area contributed by atoms with Crippen LogP contribution in [0.15, 0.2) is 78.0 Å². The zero-order valence-electron chi connectivity index (χ0n) is 19.7. The molecule has 3 aromatic carbocycles. The Morgan fingerprint density at radius 3 is 2.54 bits per heavy atom. The van der Waals surface area contributed by atoms with Gasteiger partial charge < -0.3 is 19.8 Å². The van der Waals surface area contributed by atoms with E-state index in [0.717, 1.165) is 12.1 Å². The quantitative estimate of drug-likeness (QED) is 0.244. The van der Waals surface area contributed by atoms with Crippen LogP contribution in [-0.4, -0.2) is 35.5 Å². The molecule has 8 nitrogen and oxygen atoms in total. The number of fused-ring (bicyclic) bond motifs is 1. The van der Waals surface area contributed by atoms with Gasteiger partial charge in [-0.2, -0.15) is 0 Å². The highest BCUT2D eigenvalue weighted by molar-refractivity contribution is 7.89. The number of hydrogen-bond acceptors (Lipinski definition) is 5. The lowest BCUT2D eigenvalue weighted by Crippen LogP contribution is -2.23. The van der Waals surface area contributed by atoms with Crippen LogP contribution in [0.3, 0.4) is 0 Å². The Morgan fingerprint density at radius 1 is 1.05 bits per heavy atom. The Balaban J connectivity index is 1.56. The number of rotatable bonds is 7. The molecule has 190 valence electrons. The average molecular weight is 525 g/mol. The van der Waals surface area contributed by atoms with Crippen molar-refractivity contribution in [1.29, 1.82) is 0 Å². The molecule has 11 heteroatoms. The Kier molecular flexibility index (Phi) is 6.06. The van der Waals surface area contributed by atoms with Crippen molar-refractivity contribution >= 4 is 20.9 Å². The molecular weight excluding hydrogens is 502 g/mol. The highest BCUT2D eigenvalue weighted by Crippen LogP contribution is 2.38. The molecule has 2 aromatic heterocycles. The molecule has 37 heavy (non-hydrogen) atoms. The predicted molar refractivity (Wildman–Crippen MR) is 134 cm³/mol. The number of halogens is 2. The molecule has 2 heterocycles. The molecule has 0 radical (unpaired) electrons. The van der Waals surface area contributed by atoms with Gasteiger partial charge in [0.15, 0.2) is 11.6 Å². The van der Waals surface area contributed by atoms with E-state index in [9.17, 15) is 17.9 Å². The lowest BCUT2D eigenvalue weighted by Gasteiger charge is -2.22. The van der Waals surface area contributed by atoms with Crippen molar-refractivity contribution in [3.63, 3.8) is 0 Å². The lowest BCUT2D eigenvalue weighted by molar-refractivity contribution is 0.0979. The molecule has 5 rings (SSSR count). The van der Waals surface area contributed by atoms with E-state index >= 15 is 4.39 Å². The molecule has 0 aliphatic rings. The molecule has 0 spiro atoms. The van der Waals surface area contributed by atoms with Crippen molar-refractivity contribution in [2.24, 2.45) is 0 Å². The molecule has 0 bridgehead atoms. The van der Waals surface area contributed by atoms with Crippen molar-refractivity contribution in [2.45, 2.75) is 17.4 Å². The van der Waals surface area contributed by atoms with Crippen LogP contribution in [0.25, 0.3) is 22.3 Å². The van der Waals surface area contributed by atoms with Gasteiger partial charge in [0.2, 0.25) is 10.0 Å². The van der Waals surface area contributed by atoms with Crippen molar-refractivity contribution in [3.05, 3.63) is 95.9 Å². The van der Waals surface area contributed by atoms with Crippen LogP contribution in [0.2, 0.25) is 0 Å². The molecule has 0 amide bonds. The van der Waals surface area contributed by atoms with E-state index in [4.69, 9.17) is 4.74 Å². The Labute approximate surface area is 211 Å². The fraction of sp³-hybridized carbons (Fsp3) is 0.115. The second-order valence-corrected chi connectivity index (χ2v) is 10.3. The first-order valence-corrected chi connectivity index (χ1v) is 12.6. The second-order valence-electron chi connectivity index (χ2n) is 8.49. The van der Waals surface area contributed by atoms with Crippen LogP contribution in [-0.2, 0) is 15.6 Å². The van der Waals surface area contributed by atoms with Gasteiger partial charge in [-0.15, -0.1) is 0 Å². The van der Waals surface area contributed by atoms with Crippen LogP contribution < -0.4 is 9.46 Å². The summed E-state index contributed by atoms with van der Waals surface area (Å²) in [6, 6.07) is 15.1. The fourth-order valence-electron chi connectivity index (χ4n) is 4.08. The first kappa shape index (κ1) is 24.6. The highest BCUT2D eigenvalue weighted by Gasteiger charge is 2.29. The number of H-pyrrole nitrogens is 2. The van der Waals surface area contributed by atoms with Gasteiger partial charge in [0, 0.05) is 23.2 Å². The SMILES string of the molecule is CNS(=O)(=O)c1c(Oc2ccc(F)c(-c3ncc(C(C)(O)c4ccccc4)[nH]3)c2)c(F)cc2[nH]ccc12. The van der Waals surface area contributed by atoms with Crippen LogP contribution in [0.5, 0.6) is 11.5 Å². The summed E-state index contributed by atoms with van der Waals surface area (Å²) in [5, 5.41) is 11.3. The average Bonchev–Trinajstić information content (AvgIpc) is 3.56. The van der Waals surface area contributed by atoms with Crippen LogP contribution in [0.1, 0.15) is 18.2 Å². The second kappa shape index (κ2) is 9.11. The standard InChI is InChI=1S/C26H22F2N4O4S/c1-26(33,15-6-4-3-5-7-15)22-14-31-25(32-22)18-12-16(8-9-19(18)27)36-23-20(28)13-21-17(10-11-30-21)24(23)37(34,35)29-2/h3-14,29-30,33H,1-2H3,(H,31,32). The van der Waals surface area contributed by atoms with E-state index in [1.54, 1.807) is 31.2 Å². The number of aromatic amines is 2. The molecule has 1 atom stereocenters. The first-order valence-electron chi connectivity index (χ1n) is 11.2. The summed E-state index contributed by atoms with van der Waals surface area (Å²) >= 11 is 0. The third kappa shape index (κ3) is 4.37. The summed E-state index contributed by atoms with van der Waals surface area (Å²) in [5.41, 5.74) is -0.244. The summed E-state index contributed by atoms with van der Waals surface area (Å²) in [4.78, 5) is 9.54. The molecule has 0 aliphatic carbocycles. The minimum atomic E-state index is -4.13. The highest BCUT2D eigenvalue weighted by atomic mass is 32.2. The third-order valence-corrected chi connectivity index (χ3v) is 7.58. The number of nitrogens with zero attached hydrogens (tertiary/aromatic N) is 1. The van der Waals surface area contributed by atoms with Gasteiger partial charge in [0.05, 0.1) is 17.5 Å². The van der Waals surface area contributed by atoms with Crippen molar-refractivity contribution in [1.82, 2.24) is 19.7 Å². The van der Waals surface area contributed by atoms with E-state index in [1.165, 1.54) is 37.6 Å². The Hall–Kier alpha value is -4.06. The van der Waals surface area contributed by atoms with Crippen LogP contribution >= 0.6 is 0 Å². The minimum absolute atomic E-state index is 0.0197. The van der Waals surface area contributed by atoms with E-state index in [2.05, 4.69) is 19.7 Å². The van der Waals surface area contributed by atoms with Gasteiger partial charge in [0.25, 0.3) is 0 Å². The van der Waals surface area contributed by atoms with Crippen molar-refractivity contribution in [3.8, 4) is 22.9 Å². The number of aliphatic hydroxyl groups is 1. The maximum absolute atomic E-state index is 15.1. The first-order chi connectivity index (χ1) is 17.6. The molecular formula is C26H22F2N4O4S. The van der Waals surface area contributed by atoms with Gasteiger partial charge in [-0.3, -0.25) is 0 Å². The normalized spacial score (nSPS) is 13.5. The molecule has 1 unspecified atom stereocenters. The molecule has 4 N–H and O–H groups in total. The van der Waals surface area contributed by atoms with E-state index < -0.39 is 37.9 Å². The molecule has 0 saturated heterocycles. The summed E-state index contributed by atoms with van der Waals surface area (Å²) in [6.45, 7) is 1.58. The minimum Gasteiger partial charge on any atom is -0.453 e. The largest absolute Gasteiger partial charge is 0.453 e. The van der Waals surface area contributed by atoms with E-state index in [0.29, 0.717) is 11.3 Å². The van der Waals surface area contributed by atoms with Gasteiger partial charge in [0.1, 0.15) is 27.9 Å². The zero-order valence-corrected chi connectivity index (χ0v) is 20.5. The monoisotopic (exact) mass is 524 g/mol. The number of aromatic nitrogens is 3. The van der Waals surface area contributed by atoms with Gasteiger partial charge >= 0.3 is 0 Å². The molecule has 0 fully saturated rings. The van der Waals surface area contributed by atoms with Gasteiger partial charge in [-0.05, 0) is 43.8 Å². The molecule has 0 aliphatic heterocycles. The maximum Gasteiger partial charge on any atom is 0.244 e. The van der Waals surface area contributed by atoms with Crippen molar-refractivity contribution in [2.75, 3.05) is 7.05 Å². The topological polar surface area (TPSA) is 120 Å². The number of nitrogens with one attached hydrogen (secondary N) is 3. The number of ether oxygens (including phenoxy) is 1. The fourth-order valence-corrected chi connectivity index (χ4v) is 5.13. The third-order valence-electron chi connectivity index (χ3n) is 6.10. The Bertz CT molecular complexity index is 1710. The van der Waals surface area contributed by atoms with Gasteiger partial charge in [-0.25, -0.2) is 26.9 Å². The molecule has 5 aromatic rings. The molecule has 0 saturated carbocycles. The van der Waals surface area contributed by atoms with Gasteiger partial charge in [-0.1, -0.05) is 30.3 Å². The Morgan fingerprint density at radius 2 is 1.81 bits per heavy atom. The lowest BCUT2D eigenvalue weighted by atomic mass is 9.93. The number of imidazole rings is 1. The van der Waals surface area contributed by atoms with Crippen LogP contribution in [0.4, 0.5) is 8.78 Å². The predicted octanol–water partition coefficient (Wildman–Crippen LogP) is 4.79. The van der Waals surface area contributed by atoms with E-state index in [-0.39, 0.29) is 28.0 Å². The summed E-state index contributed by atoms with van der Waals surface area (Å²) in [6.07, 6.45) is 2.88. The number of hydrogen-bond donors (Lipinski definition) is 4. The number of sulfonamides is 1. The summed E-state index contributed by atoms with van der Waals surface area (Å²) in [5.74, 6) is -2.04. The summed E-state index contributed by atoms with van der Waals surface area (Å²) in [7, 11) is -2.93. The smallest absolute Gasteiger partial charge is 0.244 e. The zero-order chi connectivity index (χ0) is 26.4. The summed E-state index contributed by atoms with van der Waals surface area (Å²) < 4.78 is 63.3.